The number of halogens is 1. The highest BCUT2D eigenvalue weighted by Crippen LogP contribution is 2.43. The molecule has 2 unspecified atom stereocenters. The topological polar surface area (TPSA) is 74.2 Å². The molecule has 4 aromatic rings. The van der Waals surface area contributed by atoms with Crippen LogP contribution in [0.4, 0.5) is 15.8 Å². The van der Waals surface area contributed by atoms with Gasteiger partial charge >= 0.3 is 0 Å². The lowest BCUT2D eigenvalue weighted by Crippen LogP contribution is -2.45. The van der Waals surface area contributed by atoms with Crippen LogP contribution in [0.15, 0.2) is 102 Å². The Morgan fingerprint density at radius 2 is 1.57 bits per heavy atom. The number of carbonyl (C=O) groups is 2. The zero-order valence-electron chi connectivity index (χ0n) is 22.0. The third kappa shape index (κ3) is 4.80. The molecule has 6 rings (SSSR count). The van der Waals surface area contributed by atoms with Crippen LogP contribution in [-0.4, -0.2) is 42.7 Å². The molecule has 7 nitrogen and oxygen atoms in total. The molecule has 1 amide bonds. The minimum Gasteiger partial charge on any atom is -0.461 e. The molecule has 0 saturated carbocycles. The molecule has 0 spiro atoms. The SMILES string of the molecule is CN(C)c1ccc(NC(=O)c2ccc(C3=NN4C(C(=O)c5ccc(F)cc5)Oc5ccccc5C4C3)cc2)cc1. The number of para-hydroxylation sites is 1. The van der Waals surface area contributed by atoms with Crippen LogP contribution in [0.1, 0.15) is 44.3 Å². The average molecular weight is 535 g/mol. The predicted molar refractivity (Wildman–Crippen MR) is 152 cm³/mol. The number of ketones is 1. The molecule has 0 aromatic heterocycles. The van der Waals surface area contributed by atoms with E-state index in [2.05, 4.69) is 5.32 Å². The predicted octanol–water partition coefficient (Wildman–Crippen LogP) is 5.90. The first-order valence-electron chi connectivity index (χ1n) is 13.0. The number of amides is 1. The van der Waals surface area contributed by atoms with E-state index < -0.39 is 12.0 Å². The van der Waals surface area contributed by atoms with Crippen molar-refractivity contribution in [1.82, 2.24) is 5.01 Å². The Kier molecular flexibility index (Phi) is 6.51. The number of carbonyl (C=O) groups excluding carboxylic acids is 2. The molecular formula is C32H27FN4O3. The van der Waals surface area contributed by atoms with Crippen LogP contribution in [0, 0.1) is 5.82 Å². The molecule has 0 saturated heterocycles. The van der Waals surface area contributed by atoms with E-state index in [9.17, 15) is 14.0 Å². The lowest BCUT2D eigenvalue weighted by molar-refractivity contribution is -0.00456. The number of benzene rings is 4. The number of hydrazone groups is 1. The van der Waals surface area contributed by atoms with E-state index in [0.717, 1.165) is 22.5 Å². The van der Waals surface area contributed by atoms with Gasteiger partial charge in [0.05, 0.1) is 11.8 Å². The second-order valence-corrected chi connectivity index (χ2v) is 10.00. The number of Topliss-reactive ketones (excluding diaryl/α,β-unsaturated/α-hetero) is 1. The minimum absolute atomic E-state index is 0.192. The summed E-state index contributed by atoms with van der Waals surface area (Å²) in [7, 11) is 3.93. The van der Waals surface area contributed by atoms with Gasteiger partial charge in [0, 0.05) is 48.6 Å². The van der Waals surface area contributed by atoms with Crippen LogP contribution >= 0.6 is 0 Å². The quantitative estimate of drug-likeness (QED) is 0.312. The average Bonchev–Trinajstić information content (AvgIpc) is 3.43. The third-order valence-corrected chi connectivity index (χ3v) is 7.17. The van der Waals surface area contributed by atoms with Gasteiger partial charge in [0.25, 0.3) is 12.1 Å². The fourth-order valence-corrected chi connectivity index (χ4v) is 5.00. The summed E-state index contributed by atoms with van der Waals surface area (Å²) in [6.07, 6.45) is -0.413. The first kappa shape index (κ1) is 25.3. The standard InChI is InChI=1S/C32H27FN4O3/c1-36(2)25-17-15-24(16-18-25)34-31(39)22-9-7-20(8-10-22)27-19-28-26-5-3-4-6-29(26)40-32(37(28)35-27)30(38)21-11-13-23(33)14-12-21/h3-18,28,32H,19H2,1-2H3,(H,34,39). The van der Waals surface area contributed by atoms with Gasteiger partial charge in [-0.05, 0) is 72.3 Å². The number of nitrogens with one attached hydrogen (secondary N) is 1. The van der Waals surface area contributed by atoms with Crippen molar-refractivity contribution in [3.63, 3.8) is 0 Å². The number of fused-ring (bicyclic) bond motifs is 3. The van der Waals surface area contributed by atoms with E-state index in [1.165, 1.54) is 24.3 Å². The monoisotopic (exact) mass is 534 g/mol. The van der Waals surface area contributed by atoms with Crippen molar-refractivity contribution in [3.05, 3.63) is 125 Å². The summed E-state index contributed by atoms with van der Waals surface area (Å²) in [5, 5.41) is 9.44. The summed E-state index contributed by atoms with van der Waals surface area (Å²) in [6, 6.07) is 27.8. The second-order valence-electron chi connectivity index (χ2n) is 10.00. The molecule has 1 N–H and O–H groups in total. The molecule has 0 aliphatic carbocycles. The molecule has 0 fully saturated rings. The van der Waals surface area contributed by atoms with Crippen molar-refractivity contribution in [2.75, 3.05) is 24.3 Å². The number of hydrogen-bond acceptors (Lipinski definition) is 6. The Hall–Kier alpha value is -4.98. The van der Waals surface area contributed by atoms with Crippen molar-refractivity contribution in [2.24, 2.45) is 5.10 Å². The van der Waals surface area contributed by atoms with Crippen molar-refractivity contribution >= 4 is 28.8 Å². The summed E-state index contributed by atoms with van der Waals surface area (Å²) in [4.78, 5) is 28.3. The Morgan fingerprint density at radius 1 is 0.900 bits per heavy atom. The van der Waals surface area contributed by atoms with Crippen molar-refractivity contribution in [3.8, 4) is 5.75 Å². The number of anilines is 2. The molecule has 2 atom stereocenters. The van der Waals surface area contributed by atoms with E-state index in [-0.39, 0.29) is 17.7 Å². The lowest BCUT2D eigenvalue weighted by atomic mass is 9.95. The van der Waals surface area contributed by atoms with Crippen molar-refractivity contribution in [1.29, 1.82) is 0 Å². The summed E-state index contributed by atoms with van der Waals surface area (Å²) in [5.41, 5.74) is 5.22. The molecule has 4 aromatic carbocycles. The van der Waals surface area contributed by atoms with Gasteiger partial charge in [-0.3, -0.25) is 9.59 Å². The van der Waals surface area contributed by atoms with Crippen LogP contribution < -0.4 is 15.0 Å². The van der Waals surface area contributed by atoms with E-state index in [1.807, 2.05) is 79.7 Å². The number of nitrogens with zero attached hydrogens (tertiary/aromatic N) is 3. The zero-order valence-corrected chi connectivity index (χ0v) is 22.0. The summed E-state index contributed by atoms with van der Waals surface area (Å²) >= 11 is 0. The van der Waals surface area contributed by atoms with Gasteiger partial charge in [0.1, 0.15) is 11.6 Å². The largest absolute Gasteiger partial charge is 0.461 e. The van der Waals surface area contributed by atoms with Crippen LogP contribution in [0.3, 0.4) is 0 Å². The molecule has 200 valence electrons. The van der Waals surface area contributed by atoms with Gasteiger partial charge in [-0.15, -0.1) is 0 Å². The molecule has 0 radical (unpaired) electrons. The van der Waals surface area contributed by atoms with Gasteiger partial charge in [0.15, 0.2) is 0 Å². The summed E-state index contributed by atoms with van der Waals surface area (Å²) < 4.78 is 19.6. The van der Waals surface area contributed by atoms with Gasteiger partial charge in [-0.1, -0.05) is 30.3 Å². The molecule has 2 heterocycles. The van der Waals surface area contributed by atoms with E-state index in [0.29, 0.717) is 29.0 Å². The van der Waals surface area contributed by atoms with Gasteiger partial charge < -0.3 is 15.0 Å². The number of hydrogen-bond donors (Lipinski definition) is 1. The molecule has 40 heavy (non-hydrogen) atoms. The van der Waals surface area contributed by atoms with Crippen LogP contribution in [0.5, 0.6) is 5.75 Å². The summed E-state index contributed by atoms with van der Waals surface area (Å²) in [6.45, 7) is 0. The van der Waals surface area contributed by atoms with E-state index >= 15 is 0 Å². The Morgan fingerprint density at radius 3 is 2.27 bits per heavy atom. The van der Waals surface area contributed by atoms with Crippen LogP contribution in [0.25, 0.3) is 0 Å². The maximum atomic E-state index is 13.5. The van der Waals surface area contributed by atoms with Crippen molar-refractivity contribution < 1.29 is 18.7 Å². The van der Waals surface area contributed by atoms with Crippen LogP contribution in [-0.2, 0) is 0 Å². The second kappa shape index (κ2) is 10.3. The van der Waals surface area contributed by atoms with Gasteiger partial charge in [-0.25, -0.2) is 9.40 Å². The number of rotatable bonds is 6. The fourth-order valence-electron chi connectivity index (χ4n) is 5.00. The smallest absolute Gasteiger partial charge is 0.255 e. The Bertz CT molecular complexity index is 1600. The maximum Gasteiger partial charge on any atom is 0.255 e. The molecule has 0 bridgehead atoms. The Balaban J connectivity index is 1.23. The fraction of sp³-hybridized carbons (Fsp3) is 0.156. The molecular weight excluding hydrogens is 507 g/mol. The van der Waals surface area contributed by atoms with Crippen molar-refractivity contribution in [2.45, 2.75) is 18.7 Å². The molecule has 8 heteroatoms. The molecule has 2 aliphatic rings. The molecule has 2 aliphatic heterocycles. The minimum atomic E-state index is -0.980. The first-order chi connectivity index (χ1) is 19.4. The highest BCUT2D eigenvalue weighted by atomic mass is 19.1. The lowest BCUT2D eigenvalue weighted by Gasteiger charge is -2.37. The van der Waals surface area contributed by atoms with Crippen LogP contribution in [0.2, 0.25) is 0 Å². The number of ether oxygens (including phenoxy) is 1. The third-order valence-electron chi connectivity index (χ3n) is 7.17. The highest BCUT2D eigenvalue weighted by molar-refractivity contribution is 6.07. The maximum absolute atomic E-state index is 13.5. The van der Waals surface area contributed by atoms with Gasteiger partial charge in [-0.2, -0.15) is 5.10 Å². The highest BCUT2D eigenvalue weighted by Gasteiger charge is 2.43. The summed E-state index contributed by atoms with van der Waals surface area (Å²) in [5.74, 6) is -0.283. The van der Waals surface area contributed by atoms with Gasteiger partial charge in [0.2, 0.25) is 5.78 Å². The normalized spacial score (nSPS) is 17.3. The van der Waals surface area contributed by atoms with E-state index in [1.54, 1.807) is 17.1 Å². The zero-order chi connectivity index (χ0) is 27.8. The Labute approximate surface area is 231 Å². The first-order valence-corrected chi connectivity index (χ1v) is 13.0. The van der Waals surface area contributed by atoms with E-state index in [4.69, 9.17) is 9.84 Å².